The highest BCUT2D eigenvalue weighted by Gasteiger charge is 2.48. The fourth-order valence-corrected chi connectivity index (χ4v) is 1.82. The average Bonchev–Trinajstić information content (AvgIpc) is 2.34. The van der Waals surface area contributed by atoms with Gasteiger partial charge in [-0.3, -0.25) is 4.79 Å². The molecule has 1 atom stereocenters. The normalized spacial score (nSPS) is 14.1. The molecule has 0 radical (unpaired) electrons. The third-order valence-corrected chi connectivity index (χ3v) is 3.37. The molecule has 1 rings (SSSR count). The summed E-state index contributed by atoms with van der Waals surface area (Å²) in [5.41, 5.74) is -0.962. The van der Waals surface area contributed by atoms with E-state index in [1.54, 1.807) is 0 Å². The fourth-order valence-electron chi connectivity index (χ4n) is 1.82. The van der Waals surface area contributed by atoms with Gasteiger partial charge in [0, 0.05) is 6.54 Å². The van der Waals surface area contributed by atoms with E-state index < -0.39 is 17.6 Å². The van der Waals surface area contributed by atoms with E-state index in [0.29, 0.717) is 6.54 Å². The van der Waals surface area contributed by atoms with Crippen LogP contribution in [-0.2, 0) is 11.3 Å². The van der Waals surface area contributed by atoms with Crippen LogP contribution in [0.5, 0.6) is 0 Å². The van der Waals surface area contributed by atoms with Gasteiger partial charge in [0.25, 0.3) is 0 Å². The van der Waals surface area contributed by atoms with Crippen molar-refractivity contribution >= 4 is 5.78 Å². The second-order valence-electron chi connectivity index (χ2n) is 5.62. The summed E-state index contributed by atoms with van der Waals surface area (Å²) in [5, 5.41) is 2.91. The highest BCUT2D eigenvalue weighted by molar-refractivity contribution is 5.81. The summed E-state index contributed by atoms with van der Waals surface area (Å²) in [7, 11) is 0. The maximum atomic E-state index is 12.9. The van der Waals surface area contributed by atoms with Gasteiger partial charge in [-0.15, -0.1) is 0 Å². The number of Topliss-reactive ketones (excluding diaryl/α,β-unsaturated/α-hetero) is 1. The van der Waals surface area contributed by atoms with Crippen molar-refractivity contribution in [2.24, 2.45) is 5.41 Å². The third kappa shape index (κ3) is 4.63. The van der Waals surface area contributed by atoms with Crippen molar-refractivity contribution in [1.82, 2.24) is 5.32 Å². The summed E-state index contributed by atoms with van der Waals surface area (Å²) in [6, 6.07) is 8.47. The molecule has 0 aromatic heterocycles. The summed E-state index contributed by atoms with van der Waals surface area (Å²) in [6.07, 6.45) is -4.59. The molecule has 0 bridgehead atoms. The first kappa shape index (κ1) is 16.7. The second-order valence-corrected chi connectivity index (χ2v) is 5.62. The lowest BCUT2D eigenvalue weighted by Crippen LogP contribution is -2.43. The van der Waals surface area contributed by atoms with Crippen LogP contribution < -0.4 is 5.32 Å². The van der Waals surface area contributed by atoms with Crippen molar-refractivity contribution in [3.63, 3.8) is 0 Å². The Balaban J connectivity index is 2.69. The topological polar surface area (TPSA) is 29.1 Å². The zero-order valence-corrected chi connectivity index (χ0v) is 11.9. The highest BCUT2D eigenvalue weighted by atomic mass is 19.4. The van der Waals surface area contributed by atoms with E-state index >= 15 is 0 Å². The number of alkyl halides is 3. The minimum absolute atomic E-state index is 0.265. The standard InChI is InChI=1S/C15H20F3NO/c1-11(20)13(9-14(2,3)15(16,17)18)19-10-12-7-5-4-6-8-12/h4-8,13,19H,9-10H2,1-3H3. The average molecular weight is 287 g/mol. The van der Waals surface area contributed by atoms with Gasteiger partial charge in [-0.2, -0.15) is 13.2 Å². The lowest BCUT2D eigenvalue weighted by molar-refractivity contribution is -0.215. The van der Waals surface area contributed by atoms with E-state index in [1.807, 2.05) is 30.3 Å². The molecule has 112 valence electrons. The minimum Gasteiger partial charge on any atom is -0.303 e. The van der Waals surface area contributed by atoms with E-state index in [4.69, 9.17) is 0 Å². The van der Waals surface area contributed by atoms with Gasteiger partial charge in [0.15, 0.2) is 0 Å². The van der Waals surface area contributed by atoms with Crippen LogP contribution in [0.2, 0.25) is 0 Å². The van der Waals surface area contributed by atoms with Gasteiger partial charge in [0.1, 0.15) is 5.78 Å². The summed E-state index contributed by atoms with van der Waals surface area (Å²) < 4.78 is 38.6. The SMILES string of the molecule is CC(=O)C(CC(C)(C)C(F)(F)F)NCc1ccccc1. The predicted octanol–water partition coefficient (Wildman–Crippen LogP) is 3.71. The van der Waals surface area contributed by atoms with E-state index in [9.17, 15) is 18.0 Å². The van der Waals surface area contributed by atoms with Crippen LogP contribution in [0.1, 0.15) is 32.8 Å². The number of nitrogens with one attached hydrogen (secondary N) is 1. The molecular weight excluding hydrogens is 267 g/mol. The molecule has 1 unspecified atom stereocenters. The highest BCUT2D eigenvalue weighted by Crippen LogP contribution is 2.41. The second kappa shape index (κ2) is 6.39. The molecule has 20 heavy (non-hydrogen) atoms. The molecule has 0 aliphatic rings. The van der Waals surface area contributed by atoms with Gasteiger partial charge in [0.05, 0.1) is 11.5 Å². The molecule has 1 N–H and O–H groups in total. The van der Waals surface area contributed by atoms with Gasteiger partial charge >= 0.3 is 6.18 Å². The Bertz CT molecular complexity index is 440. The molecule has 0 saturated carbocycles. The van der Waals surface area contributed by atoms with Crippen LogP contribution in [0.25, 0.3) is 0 Å². The van der Waals surface area contributed by atoms with Gasteiger partial charge in [0.2, 0.25) is 0 Å². The minimum atomic E-state index is -4.32. The van der Waals surface area contributed by atoms with E-state index in [-0.39, 0.29) is 12.2 Å². The molecule has 0 fully saturated rings. The number of hydrogen-bond acceptors (Lipinski definition) is 2. The van der Waals surface area contributed by atoms with Crippen molar-refractivity contribution in [3.8, 4) is 0 Å². The zero-order chi connectivity index (χ0) is 15.4. The first-order valence-electron chi connectivity index (χ1n) is 6.48. The molecule has 1 aromatic carbocycles. The summed E-state index contributed by atoms with van der Waals surface area (Å²) in [5.74, 6) is -0.279. The quantitative estimate of drug-likeness (QED) is 0.864. The first-order valence-corrected chi connectivity index (χ1v) is 6.48. The first-order chi connectivity index (χ1) is 9.13. The monoisotopic (exact) mass is 287 g/mol. The summed E-state index contributed by atoms with van der Waals surface area (Å²) in [6.45, 7) is 3.93. The number of carbonyl (C=O) groups is 1. The summed E-state index contributed by atoms with van der Waals surface area (Å²) >= 11 is 0. The molecule has 0 saturated heterocycles. The zero-order valence-electron chi connectivity index (χ0n) is 11.9. The van der Waals surface area contributed by atoms with Gasteiger partial charge < -0.3 is 5.32 Å². The number of ketones is 1. The Hall–Kier alpha value is -1.36. The Morgan fingerprint density at radius 1 is 1.20 bits per heavy atom. The van der Waals surface area contributed by atoms with Crippen LogP contribution in [0.15, 0.2) is 30.3 Å². The van der Waals surface area contributed by atoms with Crippen LogP contribution in [0.4, 0.5) is 13.2 Å². The van der Waals surface area contributed by atoms with Crippen molar-refractivity contribution in [1.29, 1.82) is 0 Å². The lowest BCUT2D eigenvalue weighted by Gasteiger charge is -2.31. The van der Waals surface area contributed by atoms with E-state index in [2.05, 4.69) is 5.32 Å². The molecule has 0 aliphatic heterocycles. The third-order valence-electron chi connectivity index (χ3n) is 3.37. The number of benzene rings is 1. The Labute approximate surface area is 117 Å². The fraction of sp³-hybridized carbons (Fsp3) is 0.533. The molecular formula is C15H20F3NO. The maximum Gasteiger partial charge on any atom is 0.394 e. The van der Waals surface area contributed by atoms with Crippen LogP contribution in [-0.4, -0.2) is 18.0 Å². The van der Waals surface area contributed by atoms with Crippen LogP contribution >= 0.6 is 0 Å². The van der Waals surface area contributed by atoms with E-state index in [0.717, 1.165) is 19.4 Å². The molecule has 0 heterocycles. The largest absolute Gasteiger partial charge is 0.394 e. The van der Waals surface area contributed by atoms with Crippen molar-refractivity contribution < 1.29 is 18.0 Å². The van der Waals surface area contributed by atoms with E-state index in [1.165, 1.54) is 6.92 Å². The molecule has 0 spiro atoms. The number of hydrogen-bond donors (Lipinski definition) is 1. The summed E-state index contributed by atoms with van der Waals surface area (Å²) in [4.78, 5) is 11.5. The van der Waals surface area contributed by atoms with Crippen molar-refractivity contribution in [2.75, 3.05) is 0 Å². The van der Waals surface area contributed by atoms with Gasteiger partial charge in [-0.1, -0.05) is 44.2 Å². The Morgan fingerprint density at radius 3 is 2.20 bits per heavy atom. The number of halogens is 3. The molecule has 1 aromatic rings. The van der Waals surface area contributed by atoms with Gasteiger partial charge in [-0.05, 0) is 18.9 Å². The van der Waals surface area contributed by atoms with Crippen LogP contribution in [0.3, 0.4) is 0 Å². The molecule has 0 amide bonds. The smallest absolute Gasteiger partial charge is 0.303 e. The number of carbonyl (C=O) groups excluding carboxylic acids is 1. The van der Waals surface area contributed by atoms with Gasteiger partial charge in [-0.25, -0.2) is 0 Å². The van der Waals surface area contributed by atoms with Crippen LogP contribution in [0, 0.1) is 5.41 Å². The van der Waals surface area contributed by atoms with Crippen molar-refractivity contribution in [3.05, 3.63) is 35.9 Å². The Kier molecular flexibility index (Phi) is 5.34. The molecule has 2 nitrogen and oxygen atoms in total. The number of rotatable bonds is 6. The molecule has 0 aliphatic carbocycles. The predicted molar refractivity (Wildman–Crippen MR) is 72.2 cm³/mol. The lowest BCUT2D eigenvalue weighted by atomic mass is 9.84. The van der Waals surface area contributed by atoms with Crippen molar-refractivity contribution in [2.45, 2.75) is 46.0 Å². The Morgan fingerprint density at radius 2 is 1.75 bits per heavy atom. The molecule has 5 heteroatoms. The maximum absolute atomic E-state index is 12.9.